The Morgan fingerprint density at radius 1 is 0.977 bits per heavy atom. The number of rotatable bonds is 3. The molecule has 1 amide bonds. The van der Waals surface area contributed by atoms with Gasteiger partial charge in [0.05, 0.1) is 5.25 Å². The third-order valence-electron chi connectivity index (χ3n) is 8.19. The molecule has 0 bridgehead atoms. The maximum Gasteiger partial charge on any atom is 0.301 e. The molecular weight excluding hydrogens is 569 g/mol. The van der Waals surface area contributed by atoms with Crippen molar-refractivity contribution in [1.82, 2.24) is 4.98 Å². The molecule has 1 aromatic heterocycles. The topological polar surface area (TPSA) is 137 Å². The summed E-state index contributed by atoms with van der Waals surface area (Å²) >= 11 is 0. The van der Waals surface area contributed by atoms with Crippen LogP contribution in [0.1, 0.15) is 16.7 Å². The summed E-state index contributed by atoms with van der Waals surface area (Å²) in [4.78, 5) is 28.4. The van der Waals surface area contributed by atoms with Crippen LogP contribution in [0.4, 0.5) is 4.39 Å². The number of amides is 1. The second kappa shape index (κ2) is 10.4. The lowest BCUT2D eigenvalue weighted by Gasteiger charge is -2.27. The van der Waals surface area contributed by atoms with Gasteiger partial charge in [-0.3, -0.25) is 9.35 Å². The average Bonchev–Trinajstić information content (AvgIpc) is 3.65. The number of nitrogens with zero attached hydrogens (tertiary/aromatic N) is 4. The van der Waals surface area contributed by atoms with Crippen molar-refractivity contribution in [1.29, 1.82) is 0 Å². The van der Waals surface area contributed by atoms with Gasteiger partial charge in [-0.25, -0.2) is 19.4 Å². The number of halogens is 1. The first-order chi connectivity index (χ1) is 20.8. The van der Waals surface area contributed by atoms with E-state index < -0.39 is 21.3 Å². The molecule has 2 unspecified atom stereocenters. The third kappa shape index (κ3) is 4.86. The van der Waals surface area contributed by atoms with E-state index in [-0.39, 0.29) is 23.9 Å². The smallest absolute Gasteiger partial charge is 0.301 e. The lowest BCUT2D eigenvalue weighted by molar-refractivity contribution is -0.111. The van der Waals surface area contributed by atoms with Gasteiger partial charge >= 0.3 is 5.91 Å². The zero-order chi connectivity index (χ0) is 29.7. The molecule has 2 atom stereocenters. The number of H-pyrrole nitrogens is 1. The number of nitrogens with one attached hydrogen (secondary N) is 1. The molecule has 8 rings (SSSR count). The van der Waals surface area contributed by atoms with Crippen LogP contribution in [0.3, 0.4) is 0 Å². The summed E-state index contributed by atoms with van der Waals surface area (Å²) in [5.74, 6) is -0.844. The Morgan fingerprint density at radius 3 is 2.58 bits per heavy atom. The number of fused-ring (bicyclic) bond motifs is 7. The standard InChI is InChI=1S/C27H22FNO3S.C5H2N4O/c28-24-6-3-7-25-27(24)19(15-29-25)12-18-13-23-17(14-26(18)33(30,31)32)9-11-21-20-5-2-1-4-16(20)8-10-22(21)23;10-5-3-4(7-1-6-3)8-2-9-5/h1-3,5-11,13,15,18,26,29H,4,12,14H2,(H,30,31,32);1-2H. The van der Waals surface area contributed by atoms with Gasteiger partial charge in [0.15, 0.2) is 11.5 Å². The molecule has 4 aliphatic rings. The number of aliphatic imine (C=N–C) groups is 4. The third-order valence-corrected chi connectivity index (χ3v) is 9.47. The van der Waals surface area contributed by atoms with Crippen LogP contribution in [0, 0.1) is 11.7 Å². The Kier molecular flexibility index (Phi) is 6.55. The van der Waals surface area contributed by atoms with Gasteiger partial charge < -0.3 is 4.98 Å². The highest BCUT2D eigenvalue weighted by Gasteiger charge is 2.35. The van der Waals surface area contributed by atoms with E-state index >= 15 is 0 Å². The molecular formula is C32H24FN5O4S. The number of benzene rings is 3. The molecule has 3 heterocycles. The minimum Gasteiger partial charge on any atom is -0.361 e. The maximum absolute atomic E-state index is 14.6. The van der Waals surface area contributed by atoms with Crippen molar-refractivity contribution in [3.63, 3.8) is 0 Å². The van der Waals surface area contributed by atoms with Crippen LogP contribution in [0.25, 0.3) is 33.8 Å². The summed E-state index contributed by atoms with van der Waals surface area (Å²) in [5.41, 5.74) is 3.78. The van der Waals surface area contributed by atoms with Gasteiger partial charge in [0, 0.05) is 23.0 Å². The van der Waals surface area contributed by atoms with Gasteiger partial charge in [-0.2, -0.15) is 13.4 Å². The van der Waals surface area contributed by atoms with Gasteiger partial charge in [0.2, 0.25) is 0 Å². The van der Waals surface area contributed by atoms with Crippen LogP contribution in [0.15, 0.2) is 80.8 Å². The minimum atomic E-state index is -4.30. The van der Waals surface area contributed by atoms with Crippen molar-refractivity contribution in [2.75, 3.05) is 0 Å². The van der Waals surface area contributed by atoms with E-state index in [0.717, 1.165) is 28.0 Å². The number of aromatic nitrogens is 1. The Labute approximate surface area is 245 Å². The van der Waals surface area contributed by atoms with Crippen LogP contribution in [-0.2, 0) is 34.2 Å². The second-order valence-corrected chi connectivity index (χ2v) is 12.3. The fourth-order valence-electron chi connectivity index (χ4n) is 6.18. The lowest BCUT2D eigenvalue weighted by atomic mass is 9.84. The fourth-order valence-corrected chi connectivity index (χ4v) is 7.19. The molecule has 214 valence electrons. The van der Waals surface area contributed by atoms with Crippen LogP contribution >= 0.6 is 0 Å². The van der Waals surface area contributed by atoms with Crippen molar-refractivity contribution < 1.29 is 22.2 Å². The lowest BCUT2D eigenvalue weighted by Crippen LogP contribution is -2.38. The Bertz CT molecular complexity index is 2240. The number of aromatic amines is 1. The Morgan fingerprint density at radius 2 is 1.77 bits per heavy atom. The summed E-state index contributed by atoms with van der Waals surface area (Å²) in [6.07, 6.45) is 13.9. The second-order valence-electron chi connectivity index (χ2n) is 10.7. The van der Waals surface area contributed by atoms with Crippen molar-refractivity contribution in [3.8, 4) is 0 Å². The summed E-state index contributed by atoms with van der Waals surface area (Å²) < 4.78 is 49.4. The number of carbonyl (C=O) groups is 1. The zero-order valence-electron chi connectivity index (χ0n) is 22.6. The van der Waals surface area contributed by atoms with E-state index in [0.29, 0.717) is 28.7 Å². The van der Waals surface area contributed by atoms with Crippen molar-refractivity contribution in [2.45, 2.75) is 24.5 Å². The van der Waals surface area contributed by atoms with E-state index in [4.69, 9.17) is 0 Å². The molecule has 11 heteroatoms. The summed E-state index contributed by atoms with van der Waals surface area (Å²) in [5, 5.41) is 3.89. The predicted molar refractivity (Wildman–Crippen MR) is 166 cm³/mol. The fraction of sp³-hybridized carbons (Fsp3) is 0.156. The van der Waals surface area contributed by atoms with Crippen LogP contribution in [-0.4, -0.2) is 53.3 Å². The van der Waals surface area contributed by atoms with Crippen LogP contribution in [0.5, 0.6) is 0 Å². The van der Waals surface area contributed by atoms with Gasteiger partial charge in [0.25, 0.3) is 10.1 Å². The SMILES string of the molecule is O=C1N=CN=C2N=CN=C12.O=S(=O)(O)C1Cc2ccc3c4c(ccc3c2=CC1Cc1c[nH]c2cccc(F)c12)CC=CC=4. The van der Waals surface area contributed by atoms with Gasteiger partial charge in [-0.15, -0.1) is 0 Å². The van der Waals surface area contributed by atoms with Crippen LogP contribution < -0.4 is 10.4 Å². The van der Waals surface area contributed by atoms with E-state index in [1.807, 2.05) is 18.2 Å². The number of carbonyl (C=O) groups excluding carboxylic acids is 1. The summed E-state index contributed by atoms with van der Waals surface area (Å²) in [6.45, 7) is 0. The first-order valence-corrected chi connectivity index (χ1v) is 15.2. The van der Waals surface area contributed by atoms with Crippen molar-refractivity contribution in [2.24, 2.45) is 25.9 Å². The molecule has 4 aromatic rings. The normalized spacial score (nSPS) is 19.9. The number of hydrogen-bond donors (Lipinski definition) is 2. The monoisotopic (exact) mass is 593 g/mol. The van der Waals surface area contributed by atoms with E-state index in [1.165, 1.54) is 29.5 Å². The molecule has 0 saturated carbocycles. The molecule has 0 saturated heterocycles. The molecule has 0 spiro atoms. The summed E-state index contributed by atoms with van der Waals surface area (Å²) in [6, 6.07) is 13.1. The van der Waals surface area contributed by atoms with Gasteiger partial charge in [0.1, 0.15) is 18.5 Å². The average molecular weight is 594 g/mol. The Balaban J connectivity index is 0.000000253. The zero-order valence-corrected chi connectivity index (χ0v) is 23.4. The van der Waals surface area contributed by atoms with Gasteiger partial charge in [-0.1, -0.05) is 54.6 Å². The highest BCUT2D eigenvalue weighted by molar-refractivity contribution is 7.86. The molecule has 2 N–H and O–H groups in total. The van der Waals surface area contributed by atoms with E-state index in [9.17, 15) is 22.2 Å². The quantitative estimate of drug-likeness (QED) is 0.353. The van der Waals surface area contributed by atoms with Crippen molar-refractivity contribution in [3.05, 3.63) is 93.8 Å². The number of allylic oxidation sites excluding steroid dienone is 2. The molecule has 0 fully saturated rings. The highest BCUT2D eigenvalue weighted by atomic mass is 32.2. The molecule has 2 aliphatic carbocycles. The molecule has 3 aromatic carbocycles. The van der Waals surface area contributed by atoms with Crippen molar-refractivity contribution >= 4 is 74.1 Å². The summed E-state index contributed by atoms with van der Waals surface area (Å²) in [7, 11) is -4.30. The van der Waals surface area contributed by atoms with E-state index in [1.54, 1.807) is 18.3 Å². The van der Waals surface area contributed by atoms with Gasteiger partial charge in [-0.05, 0) is 69.3 Å². The predicted octanol–water partition coefficient (Wildman–Crippen LogP) is 3.24. The number of amidine groups is 1. The van der Waals surface area contributed by atoms with E-state index in [2.05, 4.69) is 55.3 Å². The van der Waals surface area contributed by atoms with Crippen LogP contribution in [0.2, 0.25) is 0 Å². The molecule has 9 nitrogen and oxygen atoms in total. The number of hydrogen-bond acceptors (Lipinski definition) is 6. The first kappa shape index (κ1) is 27.0. The molecule has 43 heavy (non-hydrogen) atoms. The highest BCUT2D eigenvalue weighted by Crippen LogP contribution is 2.30. The Hall–Kier alpha value is -4.87. The minimum absolute atomic E-state index is 0.219. The first-order valence-electron chi connectivity index (χ1n) is 13.7. The molecule has 2 aliphatic heterocycles. The molecule has 0 radical (unpaired) electrons. The largest absolute Gasteiger partial charge is 0.361 e. The maximum atomic E-state index is 14.6.